The third-order valence-corrected chi connectivity index (χ3v) is 5.16. The number of nitrogens with zero attached hydrogens (tertiary/aromatic N) is 2. The number of carbonyl (C=O) groups excluding carboxylic acids is 1. The lowest BCUT2D eigenvalue weighted by molar-refractivity contribution is -0.135. The zero-order chi connectivity index (χ0) is 17.1. The largest absolute Gasteiger partial charge is 0.486 e. The quantitative estimate of drug-likeness (QED) is 0.830. The first-order valence-corrected chi connectivity index (χ1v) is 9.28. The maximum atomic E-state index is 12.4. The summed E-state index contributed by atoms with van der Waals surface area (Å²) in [6.45, 7) is 6.34. The molecule has 0 bridgehead atoms. The van der Waals surface area contributed by atoms with Crippen molar-refractivity contribution >= 4 is 5.91 Å². The van der Waals surface area contributed by atoms with Gasteiger partial charge in [-0.3, -0.25) is 9.69 Å². The summed E-state index contributed by atoms with van der Waals surface area (Å²) in [6.07, 6.45) is 2.79. The van der Waals surface area contributed by atoms with Crippen LogP contribution in [0.25, 0.3) is 0 Å². The molecule has 3 heterocycles. The molecule has 3 aliphatic heterocycles. The fourth-order valence-corrected chi connectivity index (χ4v) is 3.73. The van der Waals surface area contributed by atoms with Crippen molar-refractivity contribution in [2.75, 3.05) is 46.0 Å². The number of carbonyl (C=O) groups is 1. The average molecular weight is 346 g/mol. The van der Waals surface area contributed by atoms with Crippen LogP contribution in [0.5, 0.6) is 11.5 Å². The smallest absolute Gasteiger partial charge is 0.225 e. The van der Waals surface area contributed by atoms with Gasteiger partial charge < -0.3 is 19.1 Å². The molecule has 6 nitrogen and oxygen atoms in total. The number of fused-ring (bicyclic) bond motifs is 1. The summed E-state index contributed by atoms with van der Waals surface area (Å²) in [5.41, 5.74) is 1.23. The fourth-order valence-electron chi connectivity index (χ4n) is 3.73. The van der Waals surface area contributed by atoms with Crippen LogP contribution in [-0.2, 0) is 16.1 Å². The van der Waals surface area contributed by atoms with E-state index in [9.17, 15) is 4.79 Å². The maximum absolute atomic E-state index is 12.4. The third-order valence-electron chi connectivity index (χ3n) is 5.16. The summed E-state index contributed by atoms with van der Waals surface area (Å²) in [6, 6.07) is 6.16. The molecule has 1 aromatic rings. The molecule has 0 unspecified atom stereocenters. The van der Waals surface area contributed by atoms with Crippen LogP contribution in [0.15, 0.2) is 18.2 Å². The Kier molecular flexibility index (Phi) is 5.08. The molecule has 0 radical (unpaired) electrons. The highest BCUT2D eigenvalue weighted by atomic mass is 16.6. The SMILES string of the molecule is O=C(C[C@H]1CCCO1)N1CCN(Cc2ccc3c(c2)OCCO3)CC1. The van der Waals surface area contributed by atoms with Crippen LogP contribution < -0.4 is 9.47 Å². The predicted octanol–water partition coefficient (Wildman–Crippen LogP) is 1.67. The second-order valence-corrected chi connectivity index (χ2v) is 6.97. The molecule has 3 aliphatic rings. The minimum absolute atomic E-state index is 0.142. The molecule has 6 heteroatoms. The van der Waals surface area contributed by atoms with Gasteiger partial charge in [-0.2, -0.15) is 0 Å². The number of rotatable bonds is 4. The molecular formula is C19H26N2O4. The van der Waals surface area contributed by atoms with Crippen LogP contribution in [0.4, 0.5) is 0 Å². The zero-order valence-corrected chi connectivity index (χ0v) is 14.6. The van der Waals surface area contributed by atoms with Gasteiger partial charge >= 0.3 is 0 Å². The van der Waals surface area contributed by atoms with E-state index in [0.717, 1.165) is 63.7 Å². The second-order valence-electron chi connectivity index (χ2n) is 6.97. The molecule has 2 fully saturated rings. The van der Waals surface area contributed by atoms with Crippen LogP contribution in [0.2, 0.25) is 0 Å². The van der Waals surface area contributed by atoms with Gasteiger partial charge in [0.25, 0.3) is 0 Å². The summed E-state index contributed by atoms with van der Waals surface area (Å²) in [5.74, 6) is 1.92. The molecule has 4 rings (SSSR count). The van der Waals surface area contributed by atoms with Gasteiger partial charge in [0.05, 0.1) is 12.5 Å². The molecular weight excluding hydrogens is 320 g/mol. The van der Waals surface area contributed by atoms with E-state index in [1.807, 2.05) is 11.0 Å². The highest BCUT2D eigenvalue weighted by molar-refractivity contribution is 5.76. The van der Waals surface area contributed by atoms with Crippen LogP contribution >= 0.6 is 0 Å². The molecule has 136 valence electrons. The molecule has 0 saturated carbocycles. The van der Waals surface area contributed by atoms with Crippen molar-refractivity contribution in [1.29, 1.82) is 0 Å². The molecule has 1 aromatic carbocycles. The van der Waals surface area contributed by atoms with Gasteiger partial charge in [-0.05, 0) is 30.5 Å². The Balaban J connectivity index is 1.26. The first kappa shape index (κ1) is 16.7. The van der Waals surface area contributed by atoms with Crippen molar-refractivity contribution in [2.24, 2.45) is 0 Å². The normalized spacial score (nSPS) is 23.7. The van der Waals surface area contributed by atoms with E-state index in [4.69, 9.17) is 14.2 Å². The van der Waals surface area contributed by atoms with E-state index in [-0.39, 0.29) is 12.0 Å². The topological polar surface area (TPSA) is 51.2 Å². The van der Waals surface area contributed by atoms with Crippen molar-refractivity contribution in [3.8, 4) is 11.5 Å². The lowest BCUT2D eigenvalue weighted by Gasteiger charge is -2.35. The number of piperazine rings is 1. The highest BCUT2D eigenvalue weighted by Crippen LogP contribution is 2.31. The summed E-state index contributed by atoms with van der Waals surface area (Å²) in [7, 11) is 0. The van der Waals surface area contributed by atoms with Gasteiger partial charge in [-0.15, -0.1) is 0 Å². The van der Waals surface area contributed by atoms with E-state index < -0.39 is 0 Å². The van der Waals surface area contributed by atoms with Gasteiger partial charge in [0.2, 0.25) is 5.91 Å². The summed E-state index contributed by atoms with van der Waals surface area (Å²) in [5, 5.41) is 0. The molecule has 0 aromatic heterocycles. The minimum Gasteiger partial charge on any atom is -0.486 e. The van der Waals surface area contributed by atoms with E-state index in [0.29, 0.717) is 19.6 Å². The van der Waals surface area contributed by atoms with Gasteiger partial charge in [-0.1, -0.05) is 6.07 Å². The number of ether oxygens (including phenoxy) is 3. The number of hydrogen-bond acceptors (Lipinski definition) is 5. The molecule has 0 N–H and O–H groups in total. The Hall–Kier alpha value is -1.79. The Labute approximate surface area is 148 Å². The van der Waals surface area contributed by atoms with Crippen LogP contribution in [0, 0.1) is 0 Å². The first-order valence-electron chi connectivity index (χ1n) is 9.28. The number of benzene rings is 1. The van der Waals surface area contributed by atoms with Crippen molar-refractivity contribution in [3.05, 3.63) is 23.8 Å². The van der Waals surface area contributed by atoms with E-state index in [1.165, 1.54) is 5.56 Å². The van der Waals surface area contributed by atoms with E-state index in [2.05, 4.69) is 17.0 Å². The molecule has 25 heavy (non-hydrogen) atoms. The molecule has 2 saturated heterocycles. The minimum atomic E-state index is 0.142. The lowest BCUT2D eigenvalue weighted by atomic mass is 10.1. The van der Waals surface area contributed by atoms with Crippen molar-refractivity contribution in [3.63, 3.8) is 0 Å². The van der Waals surface area contributed by atoms with Crippen LogP contribution in [0.3, 0.4) is 0 Å². The Morgan fingerprint density at radius 1 is 1.04 bits per heavy atom. The standard InChI is InChI=1S/C19H26N2O4/c22-19(13-16-2-1-9-23-16)21-7-5-20(6-8-21)14-15-3-4-17-18(12-15)25-11-10-24-17/h3-4,12,16H,1-2,5-11,13-14H2/t16-/m1/s1. The molecule has 0 aliphatic carbocycles. The van der Waals surface area contributed by atoms with Gasteiger partial charge in [-0.25, -0.2) is 0 Å². The van der Waals surface area contributed by atoms with Crippen molar-refractivity contribution in [2.45, 2.75) is 31.9 Å². The summed E-state index contributed by atoms with van der Waals surface area (Å²) < 4.78 is 16.8. The number of hydrogen-bond donors (Lipinski definition) is 0. The first-order chi connectivity index (χ1) is 12.3. The van der Waals surface area contributed by atoms with Crippen LogP contribution in [0.1, 0.15) is 24.8 Å². The fraction of sp³-hybridized carbons (Fsp3) is 0.632. The highest BCUT2D eigenvalue weighted by Gasteiger charge is 2.25. The Morgan fingerprint density at radius 3 is 2.60 bits per heavy atom. The maximum Gasteiger partial charge on any atom is 0.225 e. The van der Waals surface area contributed by atoms with Crippen LogP contribution in [-0.4, -0.2) is 67.8 Å². The summed E-state index contributed by atoms with van der Waals surface area (Å²) >= 11 is 0. The van der Waals surface area contributed by atoms with E-state index >= 15 is 0 Å². The van der Waals surface area contributed by atoms with Crippen molar-refractivity contribution < 1.29 is 19.0 Å². The van der Waals surface area contributed by atoms with Gasteiger partial charge in [0.1, 0.15) is 13.2 Å². The second kappa shape index (κ2) is 7.62. The summed E-state index contributed by atoms with van der Waals surface area (Å²) in [4.78, 5) is 16.8. The van der Waals surface area contributed by atoms with Gasteiger partial charge in [0.15, 0.2) is 11.5 Å². The average Bonchev–Trinajstić information content (AvgIpc) is 3.15. The monoisotopic (exact) mass is 346 g/mol. The molecule has 1 amide bonds. The zero-order valence-electron chi connectivity index (χ0n) is 14.6. The lowest BCUT2D eigenvalue weighted by Crippen LogP contribution is -2.48. The van der Waals surface area contributed by atoms with E-state index in [1.54, 1.807) is 0 Å². The Bertz CT molecular complexity index is 607. The van der Waals surface area contributed by atoms with Gasteiger partial charge in [0, 0.05) is 39.3 Å². The predicted molar refractivity (Wildman–Crippen MR) is 92.9 cm³/mol. The Morgan fingerprint density at radius 2 is 1.84 bits per heavy atom. The number of amides is 1. The third kappa shape index (κ3) is 4.07. The van der Waals surface area contributed by atoms with Crippen molar-refractivity contribution in [1.82, 2.24) is 9.80 Å². The molecule has 1 atom stereocenters. The molecule has 0 spiro atoms.